The third kappa shape index (κ3) is 6.25. The molecule has 9 nitrogen and oxygen atoms in total. The molecule has 2 aromatic carbocycles. The lowest BCUT2D eigenvalue weighted by Crippen LogP contribution is -2.11. The Morgan fingerprint density at radius 2 is 1.66 bits per heavy atom. The second-order valence-corrected chi connectivity index (χ2v) is 9.20. The topological polar surface area (TPSA) is 148 Å². The molecule has 0 spiro atoms. The highest BCUT2D eigenvalue weighted by atomic mass is 35.5. The minimum absolute atomic E-state index is 0.115. The van der Waals surface area contributed by atoms with Gasteiger partial charge in [-0.3, -0.25) is 0 Å². The van der Waals surface area contributed by atoms with Crippen molar-refractivity contribution in [3.05, 3.63) is 76.6 Å². The van der Waals surface area contributed by atoms with Crippen LogP contribution in [0.2, 0.25) is 5.02 Å². The quantitative estimate of drug-likeness (QED) is 0.222. The molecule has 0 aliphatic rings. The van der Waals surface area contributed by atoms with Crippen LogP contribution in [-0.4, -0.2) is 46.5 Å². The molecule has 0 radical (unpaired) electrons. The molecule has 192 valence electrons. The molecule has 2 heterocycles. The second-order valence-electron chi connectivity index (χ2n) is 7.80. The van der Waals surface area contributed by atoms with Gasteiger partial charge in [0, 0.05) is 28.4 Å². The summed E-state index contributed by atoms with van der Waals surface area (Å²) in [5, 5.41) is 42.4. The highest BCUT2D eigenvalue weighted by Gasteiger charge is 2.22. The maximum Gasteiger partial charge on any atom is 0.226 e. The van der Waals surface area contributed by atoms with E-state index in [0.29, 0.717) is 44.3 Å². The number of anilines is 1. The van der Waals surface area contributed by atoms with Crippen LogP contribution in [-0.2, 0) is 5.75 Å². The third-order valence-electron chi connectivity index (χ3n) is 5.29. The largest absolute Gasteiger partial charge is 0.491 e. The zero-order valence-corrected chi connectivity index (χ0v) is 21.6. The molecular weight excluding hydrogens is 526 g/mol. The van der Waals surface area contributed by atoms with Gasteiger partial charge in [0.2, 0.25) is 5.89 Å². The highest BCUT2D eigenvalue weighted by molar-refractivity contribution is 7.98. The number of pyridine rings is 1. The Balaban J connectivity index is 1.69. The molecule has 38 heavy (non-hydrogen) atoms. The first kappa shape index (κ1) is 27.0. The lowest BCUT2D eigenvalue weighted by molar-refractivity contribution is 0.201. The van der Waals surface area contributed by atoms with Crippen molar-refractivity contribution >= 4 is 29.2 Å². The van der Waals surface area contributed by atoms with Crippen LogP contribution in [0.25, 0.3) is 22.6 Å². The molecule has 0 saturated heterocycles. The summed E-state index contributed by atoms with van der Waals surface area (Å²) in [6.45, 7) is 0.0577. The number of aromatic nitrogens is 2. The van der Waals surface area contributed by atoms with Crippen molar-refractivity contribution < 1.29 is 19.4 Å². The monoisotopic (exact) mass is 547 g/mol. The summed E-state index contributed by atoms with van der Waals surface area (Å²) in [5.74, 6) is 1.61. The number of rotatable bonds is 11. The Morgan fingerprint density at radius 1 is 0.947 bits per heavy atom. The smallest absolute Gasteiger partial charge is 0.226 e. The zero-order valence-electron chi connectivity index (χ0n) is 20.0. The van der Waals surface area contributed by atoms with E-state index in [9.17, 15) is 15.6 Å². The molecule has 0 aliphatic heterocycles. The number of aliphatic hydroxyl groups excluding tert-OH is 2. The molecule has 3 N–H and O–H groups in total. The molecular formula is C27H22ClN5O4S. The fraction of sp³-hybridized carbons (Fsp3) is 0.185. The normalized spacial score (nSPS) is 10.6. The van der Waals surface area contributed by atoms with Crippen molar-refractivity contribution in [2.45, 2.75) is 10.8 Å². The first-order valence-electron chi connectivity index (χ1n) is 11.5. The van der Waals surface area contributed by atoms with Gasteiger partial charge in [-0.2, -0.15) is 10.5 Å². The molecule has 0 unspecified atom stereocenters. The fourth-order valence-corrected chi connectivity index (χ4v) is 4.58. The number of hydrogen-bond acceptors (Lipinski definition) is 10. The average molecular weight is 548 g/mol. The predicted molar refractivity (Wildman–Crippen MR) is 144 cm³/mol. The van der Waals surface area contributed by atoms with Crippen molar-refractivity contribution in [1.29, 1.82) is 10.5 Å². The van der Waals surface area contributed by atoms with Gasteiger partial charge in [0.15, 0.2) is 0 Å². The number of thioether (sulfide) groups is 1. The molecule has 4 aromatic rings. The Hall–Kier alpha value is -4.06. The lowest BCUT2D eigenvalue weighted by atomic mass is 9.96. The number of nitrogens with zero attached hydrogens (tertiary/aromatic N) is 4. The van der Waals surface area contributed by atoms with Gasteiger partial charge < -0.3 is 24.7 Å². The number of aliphatic hydroxyl groups is 2. The second kappa shape index (κ2) is 13.0. The minimum Gasteiger partial charge on any atom is -0.491 e. The molecule has 0 amide bonds. The number of hydrogen-bond donors (Lipinski definition) is 3. The van der Waals surface area contributed by atoms with E-state index in [1.807, 2.05) is 12.1 Å². The van der Waals surface area contributed by atoms with Crippen LogP contribution in [0.4, 0.5) is 5.82 Å². The Labute approximate surface area is 228 Å². The van der Waals surface area contributed by atoms with E-state index in [1.165, 1.54) is 11.8 Å². The zero-order chi connectivity index (χ0) is 26.9. The molecule has 2 aromatic heterocycles. The number of oxazole rings is 1. The maximum absolute atomic E-state index is 10.1. The van der Waals surface area contributed by atoms with Crippen LogP contribution in [0.15, 0.2) is 64.2 Å². The van der Waals surface area contributed by atoms with E-state index in [1.54, 1.807) is 42.7 Å². The Morgan fingerprint density at radius 3 is 2.32 bits per heavy atom. The number of nitrogens with one attached hydrogen (secondary N) is 1. The van der Waals surface area contributed by atoms with E-state index < -0.39 is 0 Å². The summed E-state index contributed by atoms with van der Waals surface area (Å²) in [5.41, 5.74) is 2.90. The summed E-state index contributed by atoms with van der Waals surface area (Å²) in [6.07, 6.45) is 1.55. The van der Waals surface area contributed by atoms with Gasteiger partial charge in [-0.25, -0.2) is 9.97 Å². The van der Waals surface area contributed by atoms with E-state index >= 15 is 0 Å². The predicted octanol–water partition coefficient (Wildman–Crippen LogP) is 4.87. The minimum atomic E-state index is -0.159. The van der Waals surface area contributed by atoms with Crippen molar-refractivity contribution in [2.75, 3.05) is 31.7 Å². The van der Waals surface area contributed by atoms with Crippen LogP contribution >= 0.6 is 23.4 Å². The molecule has 0 aliphatic carbocycles. The van der Waals surface area contributed by atoms with E-state index in [2.05, 4.69) is 27.4 Å². The van der Waals surface area contributed by atoms with Crippen molar-refractivity contribution in [2.24, 2.45) is 0 Å². The Bertz CT molecular complexity index is 1480. The van der Waals surface area contributed by atoms with Gasteiger partial charge >= 0.3 is 0 Å². The molecule has 0 atom stereocenters. The third-order valence-corrected chi connectivity index (χ3v) is 6.56. The lowest BCUT2D eigenvalue weighted by Gasteiger charge is -2.16. The number of ether oxygens (including phenoxy) is 1. The average Bonchev–Trinajstić information content (AvgIpc) is 3.43. The summed E-state index contributed by atoms with van der Waals surface area (Å²) in [4.78, 5) is 9.08. The van der Waals surface area contributed by atoms with E-state index in [4.69, 9.17) is 25.9 Å². The van der Waals surface area contributed by atoms with Crippen LogP contribution < -0.4 is 10.1 Å². The number of nitriles is 2. The van der Waals surface area contributed by atoms with Gasteiger partial charge in [-0.1, -0.05) is 35.5 Å². The summed E-state index contributed by atoms with van der Waals surface area (Å²) >= 11 is 7.24. The SMILES string of the molecule is N#Cc1c(NCCO)nc(SCc2coc(-c3ccc(Cl)cc3)n2)c(C#N)c1-c1ccc(OCCO)cc1. The van der Waals surface area contributed by atoms with Gasteiger partial charge in [-0.05, 0) is 42.0 Å². The summed E-state index contributed by atoms with van der Waals surface area (Å²) < 4.78 is 11.0. The summed E-state index contributed by atoms with van der Waals surface area (Å²) in [6, 6.07) is 18.4. The fourth-order valence-electron chi connectivity index (χ4n) is 3.59. The number of benzene rings is 2. The molecule has 11 heteroatoms. The Kier molecular flexibility index (Phi) is 9.20. The van der Waals surface area contributed by atoms with E-state index in [-0.39, 0.29) is 43.3 Å². The van der Waals surface area contributed by atoms with Crippen LogP contribution in [0.5, 0.6) is 5.75 Å². The van der Waals surface area contributed by atoms with Crippen LogP contribution in [0.3, 0.4) is 0 Å². The standard InChI is InChI=1S/C27H22ClN5O4S/c28-19-5-1-18(2-6-19)26-32-20(15-37-26)16-38-27-23(14-30)24(22(13-29)25(33-27)31-9-10-34)17-3-7-21(8-4-17)36-12-11-35/h1-8,15,34-35H,9-12,16H2,(H,31,33). The highest BCUT2D eigenvalue weighted by Crippen LogP contribution is 2.38. The summed E-state index contributed by atoms with van der Waals surface area (Å²) in [7, 11) is 0. The van der Waals surface area contributed by atoms with Crippen molar-refractivity contribution in [3.63, 3.8) is 0 Å². The first-order chi connectivity index (χ1) is 18.6. The van der Waals surface area contributed by atoms with Gasteiger partial charge in [0.25, 0.3) is 0 Å². The molecule has 0 saturated carbocycles. The molecule has 0 fully saturated rings. The van der Waals surface area contributed by atoms with Crippen molar-refractivity contribution in [3.8, 4) is 40.5 Å². The number of halogens is 1. The molecule has 4 rings (SSSR count). The van der Waals surface area contributed by atoms with Gasteiger partial charge in [0.1, 0.15) is 47.2 Å². The van der Waals surface area contributed by atoms with Gasteiger partial charge in [-0.15, -0.1) is 0 Å². The molecule has 0 bridgehead atoms. The van der Waals surface area contributed by atoms with Crippen LogP contribution in [0.1, 0.15) is 16.8 Å². The van der Waals surface area contributed by atoms with Gasteiger partial charge in [0.05, 0.1) is 24.5 Å². The maximum atomic E-state index is 10.1. The first-order valence-corrected chi connectivity index (χ1v) is 12.8. The van der Waals surface area contributed by atoms with Crippen molar-refractivity contribution in [1.82, 2.24) is 9.97 Å². The van der Waals surface area contributed by atoms with E-state index in [0.717, 1.165) is 5.56 Å². The van der Waals surface area contributed by atoms with Crippen LogP contribution in [0, 0.1) is 22.7 Å².